The van der Waals surface area contributed by atoms with E-state index >= 15 is 0 Å². The van der Waals surface area contributed by atoms with E-state index in [9.17, 15) is 0 Å². The van der Waals surface area contributed by atoms with Crippen LogP contribution in [0.4, 0.5) is 0 Å². The molecular weight excluding hydrogens is 556 g/mol. The summed E-state index contributed by atoms with van der Waals surface area (Å²) in [6.07, 6.45) is 2.20. The number of hydrogen-bond donors (Lipinski definition) is 0. The van der Waals surface area contributed by atoms with Crippen LogP contribution in [0.3, 0.4) is 0 Å². The van der Waals surface area contributed by atoms with Crippen molar-refractivity contribution in [2.24, 2.45) is 0 Å². The summed E-state index contributed by atoms with van der Waals surface area (Å²) in [7, 11) is 0. The highest BCUT2D eigenvalue weighted by atomic mass is 15.0. The van der Waals surface area contributed by atoms with Crippen molar-refractivity contribution in [3.05, 3.63) is 170 Å². The van der Waals surface area contributed by atoms with Crippen LogP contribution in [0.1, 0.15) is 0 Å². The van der Waals surface area contributed by atoms with E-state index in [4.69, 9.17) is 0 Å². The molecule has 0 aliphatic rings. The fourth-order valence-corrected chi connectivity index (χ4v) is 7.66. The summed E-state index contributed by atoms with van der Waals surface area (Å²) >= 11 is 0. The minimum atomic E-state index is 1.15. The molecule has 0 saturated heterocycles. The van der Waals surface area contributed by atoms with E-state index < -0.39 is 0 Å². The van der Waals surface area contributed by atoms with Crippen LogP contribution >= 0.6 is 0 Å². The van der Waals surface area contributed by atoms with E-state index in [2.05, 4.69) is 179 Å². The van der Waals surface area contributed by atoms with Crippen LogP contribution in [0.2, 0.25) is 0 Å². The second kappa shape index (κ2) is 9.69. The Kier molecular flexibility index (Phi) is 5.31. The molecule has 46 heavy (non-hydrogen) atoms. The van der Waals surface area contributed by atoms with E-state index in [0.29, 0.717) is 0 Å². The van der Waals surface area contributed by atoms with Gasteiger partial charge in [0.25, 0.3) is 0 Å². The first-order valence-corrected chi connectivity index (χ1v) is 15.9. The van der Waals surface area contributed by atoms with Gasteiger partial charge in [-0.15, -0.1) is 0 Å². The van der Waals surface area contributed by atoms with Crippen LogP contribution in [0, 0.1) is 0 Å². The molecule has 10 rings (SSSR count). The van der Waals surface area contributed by atoms with Gasteiger partial charge < -0.3 is 9.13 Å². The zero-order chi connectivity index (χ0) is 30.2. The molecule has 0 bridgehead atoms. The number of fused-ring (bicyclic) bond motifs is 11. The lowest BCUT2D eigenvalue weighted by Gasteiger charge is -2.14. The Morgan fingerprint density at radius 2 is 0.913 bits per heavy atom. The lowest BCUT2D eigenvalue weighted by molar-refractivity contribution is 1.12. The van der Waals surface area contributed by atoms with Crippen LogP contribution in [0.5, 0.6) is 0 Å². The molecule has 2 heterocycles. The van der Waals surface area contributed by atoms with Gasteiger partial charge in [0, 0.05) is 33.7 Å². The van der Waals surface area contributed by atoms with E-state index in [1.165, 1.54) is 76.2 Å². The summed E-state index contributed by atoms with van der Waals surface area (Å²) in [5, 5.41) is 11.5. The van der Waals surface area contributed by atoms with Gasteiger partial charge in [0.1, 0.15) is 0 Å². The summed E-state index contributed by atoms with van der Waals surface area (Å²) in [4.78, 5) is 0. The monoisotopic (exact) mass is 584 g/mol. The fourth-order valence-electron chi connectivity index (χ4n) is 7.66. The highest BCUT2D eigenvalue weighted by Gasteiger charge is 2.18. The Balaban J connectivity index is 1.24. The second-order valence-electron chi connectivity index (χ2n) is 12.2. The summed E-state index contributed by atoms with van der Waals surface area (Å²) in [6.45, 7) is 0. The lowest BCUT2D eigenvalue weighted by atomic mass is 9.92. The molecule has 0 spiro atoms. The van der Waals surface area contributed by atoms with Gasteiger partial charge in [-0.25, -0.2) is 0 Å². The summed E-state index contributed by atoms with van der Waals surface area (Å²) in [5.74, 6) is 0. The van der Waals surface area contributed by atoms with Crippen molar-refractivity contribution >= 4 is 65.0 Å². The SMILES string of the molecule is c1ccc(-n2ccc3ccc4c5ccccc5n(-c5cccc(-c6ccc7c8ccccc8c8ccccc8c7c6)c5)c4c32)cc1. The molecule has 0 amide bonds. The molecule has 8 aromatic carbocycles. The summed E-state index contributed by atoms with van der Waals surface area (Å²) < 4.78 is 4.79. The van der Waals surface area contributed by atoms with E-state index in [1.807, 2.05) is 0 Å². The Hall–Kier alpha value is -6.12. The maximum atomic E-state index is 2.46. The minimum absolute atomic E-state index is 1.15. The molecule has 0 saturated carbocycles. The van der Waals surface area contributed by atoms with E-state index in [0.717, 1.165) is 11.4 Å². The zero-order valence-electron chi connectivity index (χ0n) is 25.1. The molecule has 0 aliphatic heterocycles. The zero-order valence-corrected chi connectivity index (χ0v) is 25.1. The average Bonchev–Trinajstić information content (AvgIpc) is 3.72. The Labute approximate surface area is 266 Å². The highest BCUT2D eigenvalue weighted by molar-refractivity contribution is 6.25. The summed E-state index contributed by atoms with van der Waals surface area (Å²) in [6, 6.07) is 59.8. The van der Waals surface area contributed by atoms with Gasteiger partial charge in [0.15, 0.2) is 0 Å². The molecule has 2 nitrogen and oxygen atoms in total. The van der Waals surface area contributed by atoms with Crippen LogP contribution in [0.25, 0.3) is 87.5 Å². The topological polar surface area (TPSA) is 9.86 Å². The first-order valence-electron chi connectivity index (χ1n) is 15.9. The van der Waals surface area contributed by atoms with Gasteiger partial charge in [-0.3, -0.25) is 0 Å². The van der Waals surface area contributed by atoms with Crippen molar-refractivity contribution in [3.8, 4) is 22.5 Å². The van der Waals surface area contributed by atoms with Crippen LogP contribution in [-0.4, -0.2) is 9.13 Å². The van der Waals surface area contributed by atoms with Gasteiger partial charge in [-0.2, -0.15) is 0 Å². The minimum Gasteiger partial charge on any atom is -0.315 e. The van der Waals surface area contributed by atoms with Crippen molar-refractivity contribution in [3.63, 3.8) is 0 Å². The molecule has 0 atom stereocenters. The third-order valence-corrected chi connectivity index (χ3v) is 9.70. The van der Waals surface area contributed by atoms with Crippen LogP contribution in [0.15, 0.2) is 170 Å². The number of nitrogens with zero attached hydrogens (tertiary/aromatic N) is 2. The molecule has 0 N–H and O–H groups in total. The first kappa shape index (κ1) is 25.2. The Morgan fingerprint density at radius 3 is 1.67 bits per heavy atom. The lowest BCUT2D eigenvalue weighted by Crippen LogP contribution is -1.98. The molecular formula is C44H28N2. The third-order valence-electron chi connectivity index (χ3n) is 9.70. The fraction of sp³-hybridized carbons (Fsp3) is 0. The number of benzene rings is 8. The van der Waals surface area contributed by atoms with Gasteiger partial charge in [-0.1, -0.05) is 121 Å². The number of rotatable bonds is 3. The second-order valence-corrected chi connectivity index (χ2v) is 12.2. The predicted molar refractivity (Wildman–Crippen MR) is 196 cm³/mol. The average molecular weight is 585 g/mol. The maximum absolute atomic E-state index is 2.46. The third kappa shape index (κ3) is 3.59. The molecule has 2 aromatic heterocycles. The van der Waals surface area contributed by atoms with Crippen molar-refractivity contribution < 1.29 is 0 Å². The molecule has 10 aromatic rings. The van der Waals surface area contributed by atoms with Crippen molar-refractivity contribution in [1.82, 2.24) is 9.13 Å². The molecule has 0 radical (unpaired) electrons. The van der Waals surface area contributed by atoms with Crippen LogP contribution in [-0.2, 0) is 0 Å². The van der Waals surface area contributed by atoms with Crippen LogP contribution < -0.4 is 0 Å². The predicted octanol–water partition coefficient (Wildman–Crippen LogP) is 11.9. The number of aromatic nitrogens is 2. The van der Waals surface area contributed by atoms with Gasteiger partial charge in [0.2, 0.25) is 0 Å². The van der Waals surface area contributed by atoms with Gasteiger partial charge in [0.05, 0.1) is 16.6 Å². The number of hydrogen-bond acceptors (Lipinski definition) is 0. The number of para-hydroxylation sites is 2. The smallest absolute Gasteiger partial charge is 0.0788 e. The normalized spacial score (nSPS) is 11.9. The van der Waals surface area contributed by atoms with Gasteiger partial charge >= 0.3 is 0 Å². The molecule has 0 aliphatic carbocycles. The van der Waals surface area contributed by atoms with Gasteiger partial charge in [-0.05, 0) is 85.9 Å². The summed E-state index contributed by atoms with van der Waals surface area (Å²) in [5.41, 5.74) is 8.38. The van der Waals surface area contributed by atoms with Crippen molar-refractivity contribution in [2.75, 3.05) is 0 Å². The molecule has 2 heteroatoms. The first-order chi connectivity index (χ1) is 22.8. The molecule has 0 fully saturated rings. The van der Waals surface area contributed by atoms with E-state index in [1.54, 1.807) is 0 Å². The van der Waals surface area contributed by atoms with E-state index in [-0.39, 0.29) is 0 Å². The standard InChI is InChI=1S/C44H28N2/c1-2-12-32(13-3-1)45-26-25-29-21-24-40-39-19-8-9-20-42(39)46(44(40)43(29)45)33-14-10-11-30(27-33)31-22-23-38-36-17-5-4-15-34(36)35-16-6-7-18-37(35)41(38)28-31/h1-28H. The highest BCUT2D eigenvalue weighted by Crippen LogP contribution is 2.40. The van der Waals surface area contributed by atoms with Crippen molar-refractivity contribution in [1.29, 1.82) is 0 Å². The molecule has 0 unspecified atom stereocenters. The van der Waals surface area contributed by atoms with Crippen molar-refractivity contribution in [2.45, 2.75) is 0 Å². The molecule has 214 valence electrons. The maximum Gasteiger partial charge on any atom is 0.0788 e. The Morgan fingerprint density at radius 1 is 0.326 bits per heavy atom. The quantitative estimate of drug-likeness (QED) is 0.183. The largest absolute Gasteiger partial charge is 0.315 e. The Bertz CT molecular complexity index is 2760.